The van der Waals surface area contributed by atoms with Crippen LogP contribution in [0.25, 0.3) is 0 Å². The van der Waals surface area contributed by atoms with Crippen molar-refractivity contribution < 1.29 is 8.78 Å². The van der Waals surface area contributed by atoms with Crippen LogP contribution in [-0.2, 0) is 12.8 Å². The first kappa shape index (κ1) is 14.3. The molecule has 1 aromatic carbocycles. The molecule has 0 radical (unpaired) electrons. The van der Waals surface area contributed by atoms with Crippen molar-refractivity contribution in [2.75, 3.05) is 11.9 Å². The number of nitrogens with one attached hydrogen (secondary N) is 1. The lowest BCUT2D eigenvalue weighted by Gasteiger charge is -2.20. The Morgan fingerprint density at radius 3 is 2.76 bits per heavy atom. The molecule has 1 fully saturated rings. The molecule has 0 atom stereocenters. The minimum atomic E-state index is -2.31. The van der Waals surface area contributed by atoms with Crippen LogP contribution in [0, 0.1) is 5.41 Å². The summed E-state index contributed by atoms with van der Waals surface area (Å²) in [5, 5.41) is 3.09. The number of anilines is 1. The van der Waals surface area contributed by atoms with Crippen LogP contribution in [0.1, 0.15) is 36.8 Å². The Bertz CT molecular complexity index is 550. The second kappa shape index (κ2) is 5.62. The molecule has 0 heterocycles. The molecule has 21 heavy (non-hydrogen) atoms. The summed E-state index contributed by atoms with van der Waals surface area (Å²) in [5.74, 6) is 0.237. The van der Waals surface area contributed by atoms with Crippen molar-refractivity contribution in [1.82, 2.24) is 0 Å². The fourth-order valence-corrected chi connectivity index (χ4v) is 2.92. The third-order valence-corrected chi connectivity index (χ3v) is 4.58. The van der Waals surface area contributed by atoms with Gasteiger partial charge in [0.25, 0.3) is 0 Å². The number of aliphatic imine (C=N–C) groups is 1. The van der Waals surface area contributed by atoms with Crippen LogP contribution in [0.4, 0.5) is 14.5 Å². The van der Waals surface area contributed by atoms with Gasteiger partial charge in [0.1, 0.15) is 0 Å². The predicted octanol–water partition coefficient (Wildman–Crippen LogP) is 3.34. The maximum Gasteiger partial charge on any atom is 0.245 e. The Morgan fingerprint density at radius 2 is 2.05 bits per heavy atom. The van der Waals surface area contributed by atoms with E-state index in [1.165, 1.54) is 24.0 Å². The van der Waals surface area contributed by atoms with Gasteiger partial charge in [0.15, 0.2) is 5.96 Å². The van der Waals surface area contributed by atoms with Crippen molar-refractivity contribution in [2.24, 2.45) is 16.1 Å². The Balaban J connectivity index is 1.69. The molecule has 0 unspecified atom stereocenters. The summed E-state index contributed by atoms with van der Waals surface area (Å²) in [5.41, 5.74) is 8.56. The van der Waals surface area contributed by atoms with E-state index >= 15 is 0 Å². The minimum absolute atomic E-state index is 0.110. The predicted molar refractivity (Wildman–Crippen MR) is 80.9 cm³/mol. The van der Waals surface area contributed by atoms with Crippen LogP contribution in [0.5, 0.6) is 0 Å². The topological polar surface area (TPSA) is 50.4 Å². The molecule has 0 saturated heterocycles. The number of rotatable bonds is 4. The number of fused-ring (bicyclic) bond motifs is 1. The average molecular weight is 293 g/mol. The Morgan fingerprint density at radius 1 is 1.29 bits per heavy atom. The Hall–Kier alpha value is -1.65. The molecular formula is C16H21F2N3. The standard InChI is InChI=1S/C16H21F2N3/c17-14(18)16(8-9-16)10-20-15(19)21-13-7-3-5-11-4-1-2-6-12(11)13/h3,5,7,14H,1-2,4,6,8-10H2,(H3,19,20,21). The smallest absolute Gasteiger partial charge is 0.245 e. The third kappa shape index (κ3) is 3.01. The highest BCUT2D eigenvalue weighted by Gasteiger charge is 2.50. The van der Waals surface area contributed by atoms with Gasteiger partial charge in [-0.15, -0.1) is 0 Å². The quantitative estimate of drug-likeness (QED) is 0.661. The van der Waals surface area contributed by atoms with Gasteiger partial charge in [0.2, 0.25) is 6.43 Å². The summed E-state index contributed by atoms with van der Waals surface area (Å²) >= 11 is 0. The van der Waals surface area contributed by atoms with E-state index in [0.717, 1.165) is 18.5 Å². The van der Waals surface area contributed by atoms with Gasteiger partial charge in [-0.25, -0.2) is 8.78 Å². The second-order valence-electron chi connectivity index (χ2n) is 6.14. The molecule has 0 bridgehead atoms. The fraction of sp³-hybridized carbons (Fsp3) is 0.562. The summed E-state index contributed by atoms with van der Waals surface area (Å²) in [6.45, 7) is 0.110. The zero-order chi connectivity index (χ0) is 14.9. The number of alkyl halides is 2. The van der Waals surface area contributed by atoms with Gasteiger partial charge in [-0.2, -0.15) is 0 Å². The number of hydrogen-bond acceptors (Lipinski definition) is 1. The van der Waals surface area contributed by atoms with Crippen LogP contribution < -0.4 is 11.1 Å². The maximum absolute atomic E-state index is 12.8. The molecule has 3 nitrogen and oxygen atoms in total. The van der Waals surface area contributed by atoms with Gasteiger partial charge in [-0.3, -0.25) is 4.99 Å². The first-order valence-electron chi connectivity index (χ1n) is 7.57. The number of aryl methyl sites for hydroxylation is 1. The van der Waals surface area contributed by atoms with Gasteiger partial charge in [0, 0.05) is 5.69 Å². The molecule has 2 aliphatic carbocycles. The number of halogens is 2. The summed E-state index contributed by atoms with van der Waals surface area (Å²) in [7, 11) is 0. The highest BCUT2D eigenvalue weighted by molar-refractivity contribution is 5.93. The van der Waals surface area contributed by atoms with Gasteiger partial charge in [0.05, 0.1) is 12.0 Å². The zero-order valence-corrected chi connectivity index (χ0v) is 12.0. The van der Waals surface area contributed by atoms with Crippen molar-refractivity contribution in [2.45, 2.75) is 45.0 Å². The summed E-state index contributed by atoms with van der Waals surface area (Å²) < 4.78 is 25.7. The van der Waals surface area contributed by atoms with Crippen molar-refractivity contribution >= 4 is 11.6 Å². The minimum Gasteiger partial charge on any atom is -0.370 e. The molecule has 1 saturated carbocycles. The lowest BCUT2D eigenvalue weighted by atomic mass is 9.90. The monoisotopic (exact) mass is 293 g/mol. The van der Waals surface area contributed by atoms with E-state index in [0.29, 0.717) is 12.8 Å². The van der Waals surface area contributed by atoms with E-state index in [9.17, 15) is 8.78 Å². The molecule has 0 spiro atoms. The molecule has 0 aliphatic heterocycles. The molecule has 1 aromatic rings. The van der Waals surface area contributed by atoms with Crippen LogP contribution in [-0.4, -0.2) is 18.9 Å². The van der Waals surface area contributed by atoms with Crippen molar-refractivity contribution in [1.29, 1.82) is 0 Å². The van der Waals surface area contributed by atoms with Crippen LogP contribution in [0.15, 0.2) is 23.2 Å². The Labute approximate surface area is 123 Å². The van der Waals surface area contributed by atoms with E-state index in [2.05, 4.69) is 16.4 Å². The Kier molecular flexibility index (Phi) is 3.83. The van der Waals surface area contributed by atoms with Gasteiger partial charge in [-0.1, -0.05) is 12.1 Å². The van der Waals surface area contributed by atoms with E-state index < -0.39 is 11.8 Å². The van der Waals surface area contributed by atoms with E-state index in [1.54, 1.807) is 0 Å². The largest absolute Gasteiger partial charge is 0.370 e. The average Bonchev–Trinajstić information content (AvgIpc) is 3.27. The lowest BCUT2D eigenvalue weighted by molar-refractivity contribution is 0.0667. The maximum atomic E-state index is 12.8. The highest BCUT2D eigenvalue weighted by Crippen LogP contribution is 2.50. The summed E-state index contributed by atoms with van der Waals surface area (Å²) in [6, 6.07) is 6.12. The summed E-state index contributed by atoms with van der Waals surface area (Å²) in [4.78, 5) is 4.13. The van der Waals surface area contributed by atoms with Crippen LogP contribution in [0.3, 0.4) is 0 Å². The van der Waals surface area contributed by atoms with Crippen LogP contribution >= 0.6 is 0 Å². The molecule has 114 valence electrons. The SMILES string of the molecule is NC(=NCC1(C(F)F)CC1)Nc1cccc2c1CCCC2. The first-order chi connectivity index (χ1) is 10.1. The molecule has 3 N–H and O–H groups in total. The lowest BCUT2D eigenvalue weighted by Crippen LogP contribution is -2.26. The van der Waals surface area contributed by atoms with E-state index in [-0.39, 0.29) is 12.5 Å². The highest BCUT2D eigenvalue weighted by atomic mass is 19.3. The number of guanidine groups is 1. The van der Waals surface area contributed by atoms with Crippen molar-refractivity contribution in [3.8, 4) is 0 Å². The van der Waals surface area contributed by atoms with E-state index in [1.807, 2.05) is 12.1 Å². The van der Waals surface area contributed by atoms with Crippen molar-refractivity contribution in [3.05, 3.63) is 29.3 Å². The van der Waals surface area contributed by atoms with Gasteiger partial charge in [-0.05, 0) is 55.7 Å². The summed E-state index contributed by atoms with van der Waals surface area (Å²) in [6.07, 6.45) is 3.31. The normalized spacial score (nSPS) is 20.2. The first-order valence-corrected chi connectivity index (χ1v) is 7.57. The van der Waals surface area contributed by atoms with Crippen LogP contribution in [0.2, 0.25) is 0 Å². The molecule has 0 aromatic heterocycles. The van der Waals surface area contributed by atoms with E-state index in [4.69, 9.17) is 5.73 Å². The molecule has 0 amide bonds. The number of nitrogens with two attached hydrogens (primary N) is 1. The van der Waals surface area contributed by atoms with Gasteiger partial charge >= 0.3 is 0 Å². The van der Waals surface area contributed by atoms with Crippen molar-refractivity contribution in [3.63, 3.8) is 0 Å². The molecular weight excluding hydrogens is 272 g/mol. The van der Waals surface area contributed by atoms with Gasteiger partial charge < -0.3 is 11.1 Å². The number of benzene rings is 1. The molecule has 2 aliphatic rings. The fourth-order valence-electron chi connectivity index (χ4n) is 2.92. The third-order valence-electron chi connectivity index (χ3n) is 4.58. The zero-order valence-electron chi connectivity index (χ0n) is 12.0. The number of hydrogen-bond donors (Lipinski definition) is 2. The number of nitrogens with zero attached hydrogens (tertiary/aromatic N) is 1. The molecule has 3 rings (SSSR count). The second-order valence-corrected chi connectivity index (χ2v) is 6.14. The molecule has 5 heteroatoms.